The zero-order valence-electron chi connectivity index (χ0n) is 11.7. The van der Waals surface area contributed by atoms with Crippen molar-refractivity contribution in [2.24, 2.45) is 0 Å². The zero-order chi connectivity index (χ0) is 15.6. The van der Waals surface area contributed by atoms with Crippen LogP contribution in [-0.2, 0) is 6.42 Å². The number of nitrogens with zero attached hydrogens (tertiary/aromatic N) is 1. The number of carbonyl (C=O) groups excluding carboxylic acids is 1. The first-order valence-corrected chi connectivity index (χ1v) is 7.19. The van der Waals surface area contributed by atoms with Crippen LogP contribution in [0.15, 0.2) is 24.3 Å². The van der Waals surface area contributed by atoms with E-state index in [4.69, 9.17) is 28.9 Å². The van der Waals surface area contributed by atoms with Gasteiger partial charge in [0.15, 0.2) is 0 Å². The van der Waals surface area contributed by atoms with Gasteiger partial charge in [0.2, 0.25) is 0 Å². The first-order chi connectivity index (χ1) is 9.90. The molecule has 1 heterocycles. The molecule has 0 aliphatic heterocycles. The quantitative estimate of drug-likeness (QED) is 0.893. The number of hydrogen-bond acceptors (Lipinski definition) is 3. The summed E-state index contributed by atoms with van der Waals surface area (Å²) in [7, 11) is 0. The van der Waals surface area contributed by atoms with Gasteiger partial charge in [-0.05, 0) is 43.2 Å². The molecule has 1 aromatic carbocycles. The third-order valence-corrected chi connectivity index (χ3v) is 3.74. The van der Waals surface area contributed by atoms with Crippen molar-refractivity contribution in [2.45, 2.75) is 20.3 Å². The molecule has 0 spiro atoms. The maximum Gasteiger partial charge on any atom is 0.255 e. The van der Waals surface area contributed by atoms with E-state index in [9.17, 15) is 4.79 Å². The SMILES string of the molecule is CCc1cc(C(=O)Nc2cc(Cl)c(C)cc2Cl)cc(N)n1. The monoisotopic (exact) mass is 323 g/mol. The van der Waals surface area contributed by atoms with Crippen LogP contribution in [0.5, 0.6) is 0 Å². The molecular weight excluding hydrogens is 309 g/mol. The minimum atomic E-state index is -0.305. The summed E-state index contributed by atoms with van der Waals surface area (Å²) in [6.45, 7) is 3.79. The van der Waals surface area contributed by atoms with Crippen molar-refractivity contribution >= 4 is 40.6 Å². The van der Waals surface area contributed by atoms with Crippen LogP contribution in [0, 0.1) is 6.92 Å². The van der Waals surface area contributed by atoms with E-state index >= 15 is 0 Å². The second-order valence-electron chi connectivity index (χ2n) is 4.66. The number of amides is 1. The lowest BCUT2D eigenvalue weighted by Crippen LogP contribution is -2.14. The number of halogens is 2. The van der Waals surface area contributed by atoms with Crippen molar-refractivity contribution < 1.29 is 4.79 Å². The fourth-order valence-electron chi connectivity index (χ4n) is 1.86. The summed E-state index contributed by atoms with van der Waals surface area (Å²) in [4.78, 5) is 16.4. The number of pyridine rings is 1. The Kier molecular flexibility index (Phi) is 4.70. The average molecular weight is 324 g/mol. The Hall–Kier alpha value is -1.78. The molecule has 0 aliphatic carbocycles. The molecule has 2 rings (SSSR count). The van der Waals surface area contributed by atoms with Gasteiger partial charge >= 0.3 is 0 Å². The van der Waals surface area contributed by atoms with Gasteiger partial charge in [0.25, 0.3) is 5.91 Å². The van der Waals surface area contributed by atoms with Gasteiger partial charge in [0.1, 0.15) is 5.82 Å². The average Bonchev–Trinajstić information content (AvgIpc) is 2.43. The summed E-state index contributed by atoms with van der Waals surface area (Å²) >= 11 is 12.2. The predicted molar refractivity (Wildman–Crippen MR) is 87.2 cm³/mol. The molecule has 6 heteroatoms. The van der Waals surface area contributed by atoms with Gasteiger partial charge in [-0.2, -0.15) is 0 Å². The van der Waals surface area contributed by atoms with Crippen molar-refractivity contribution in [1.82, 2.24) is 4.98 Å². The van der Waals surface area contributed by atoms with Crippen LogP contribution in [0.2, 0.25) is 10.0 Å². The van der Waals surface area contributed by atoms with Gasteiger partial charge in [-0.15, -0.1) is 0 Å². The van der Waals surface area contributed by atoms with E-state index in [1.165, 1.54) is 6.07 Å². The number of aromatic nitrogens is 1. The molecule has 3 N–H and O–H groups in total. The Labute approximate surface area is 133 Å². The molecular formula is C15H15Cl2N3O. The van der Waals surface area contributed by atoms with Gasteiger partial charge < -0.3 is 11.1 Å². The number of nitrogens with two attached hydrogens (primary N) is 1. The molecule has 0 fully saturated rings. The highest BCUT2D eigenvalue weighted by Gasteiger charge is 2.12. The lowest BCUT2D eigenvalue weighted by Gasteiger charge is -2.10. The van der Waals surface area contributed by atoms with E-state index in [1.54, 1.807) is 18.2 Å². The van der Waals surface area contributed by atoms with Crippen LogP contribution in [0.1, 0.15) is 28.5 Å². The Balaban J connectivity index is 2.30. The Morgan fingerprint density at radius 1 is 1.24 bits per heavy atom. The van der Waals surface area contributed by atoms with E-state index in [2.05, 4.69) is 10.3 Å². The van der Waals surface area contributed by atoms with Gasteiger partial charge in [-0.3, -0.25) is 4.79 Å². The number of hydrogen-bond donors (Lipinski definition) is 2. The van der Waals surface area contributed by atoms with Crippen molar-refractivity contribution in [3.63, 3.8) is 0 Å². The summed E-state index contributed by atoms with van der Waals surface area (Å²) in [5.41, 5.74) is 8.21. The second-order valence-corrected chi connectivity index (χ2v) is 5.48. The van der Waals surface area contributed by atoms with Gasteiger partial charge in [0.05, 0.1) is 10.7 Å². The number of carbonyl (C=O) groups is 1. The number of rotatable bonds is 3. The van der Waals surface area contributed by atoms with Crippen LogP contribution in [-0.4, -0.2) is 10.9 Å². The van der Waals surface area contributed by atoms with Crippen molar-refractivity contribution in [3.8, 4) is 0 Å². The zero-order valence-corrected chi connectivity index (χ0v) is 13.2. The van der Waals surface area contributed by atoms with E-state index in [-0.39, 0.29) is 5.91 Å². The molecule has 0 unspecified atom stereocenters. The fraction of sp³-hybridized carbons (Fsp3) is 0.200. The first-order valence-electron chi connectivity index (χ1n) is 6.44. The number of benzene rings is 1. The van der Waals surface area contributed by atoms with Crippen LogP contribution in [0.4, 0.5) is 11.5 Å². The van der Waals surface area contributed by atoms with Crippen molar-refractivity contribution in [2.75, 3.05) is 11.1 Å². The maximum atomic E-state index is 12.3. The van der Waals surface area contributed by atoms with Crippen molar-refractivity contribution in [3.05, 3.63) is 51.1 Å². The highest BCUT2D eigenvalue weighted by Crippen LogP contribution is 2.29. The maximum absolute atomic E-state index is 12.3. The van der Waals surface area contributed by atoms with E-state index in [0.717, 1.165) is 11.3 Å². The summed E-state index contributed by atoms with van der Waals surface area (Å²) in [5, 5.41) is 3.71. The molecule has 0 atom stereocenters. The van der Waals surface area contributed by atoms with Crippen LogP contribution in [0.3, 0.4) is 0 Å². The van der Waals surface area contributed by atoms with Gasteiger partial charge in [-0.1, -0.05) is 30.1 Å². The Bertz CT molecular complexity index is 702. The molecule has 0 aliphatic rings. The second kappa shape index (κ2) is 6.33. The Morgan fingerprint density at radius 2 is 1.95 bits per heavy atom. The fourth-order valence-corrected chi connectivity index (χ4v) is 2.29. The lowest BCUT2D eigenvalue weighted by molar-refractivity contribution is 0.102. The van der Waals surface area contributed by atoms with E-state index in [0.29, 0.717) is 33.5 Å². The molecule has 1 aromatic heterocycles. The largest absolute Gasteiger partial charge is 0.384 e. The molecule has 2 aromatic rings. The van der Waals surface area contributed by atoms with Crippen LogP contribution in [0.25, 0.3) is 0 Å². The molecule has 21 heavy (non-hydrogen) atoms. The summed E-state index contributed by atoms with van der Waals surface area (Å²) < 4.78 is 0. The first kappa shape index (κ1) is 15.6. The number of aryl methyl sites for hydroxylation is 2. The molecule has 1 amide bonds. The third kappa shape index (κ3) is 3.65. The minimum Gasteiger partial charge on any atom is -0.384 e. The summed E-state index contributed by atoms with van der Waals surface area (Å²) in [6, 6.07) is 6.56. The Morgan fingerprint density at radius 3 is 2.62 bits per heavy atom. The molecule has 110 valence electrons. The highest BCUT2D eigenvalue weighted by molar-refractivity contribution is 6.36. The van der Waals surface area contributed by atoms with Crippen LogP contribution >= 0.6 is 23.2 Å². The predicted octanol–water partition coefficient (Wildman–Crippen LogP) is 4.09. The lowest BCUT2D eigenvalue weighted by atomic mass is 10.1. The molecule has 0 bridgehead atoms. The number of nitrogens with one attached hydrogen (secondary N) is 1. The number of anilines is 2. The topological polar surface area (TPSA) is 68.0 Å². The highest BCUT2D eigenvalue weighted by atomic mass is 35.5. The molecule has 0 saturated heterocycles. The normalized spacial score (nSPS) is 10.5. The van der Waals surface area contributed by atoms with Crippen LogP contribution < -0.4 is 11.1 Å². The molecule has 4 nitrogen and oxygen atoms in total. The van der Waals surface area contributed by atoms with E-state index < -0.39 is 0 Å². The smallest absolute Gasteiger partial charge is 0.255 e. The third-order valence-electron chi connectivity index (χ3n) is 3.02. The van der Waals surface area contributed by atoms with E-state index in [1.807, 2.05) is 13.8 Å². The molecule has 0 radical (unpaired) electrons. The summed E-state index contributed by atoms with van der Waals surface area (Å²) in [5.74, 6) is 0.00755. The van der Waals surface area contributed by atoms with Gasteiger partial charge in [-0.25, -0.2) is 4.98 Å². The standard InChI is InChI=1S/C15H15Cl2N3O/c1-3-10-5-9(6-14(18)19-10)15(21)20-13-7-11(16)8(2)4-12(13)17/h4-7H,3H2,1-2H3,(H2,18,19)(H,20,21). The minimum absolute atomic E-state index is 0.305. The summed E-state index contributed by atoms with van der Waals surface area (Å²) in [6.07, 6.45) is 0.697. The van der Waals surface area contributed by atoms with Gasteiger partial charge in [0, 0.05) is 16.3 Å². The van der Waals surface area contributed by atoms with Crippen molar-refractivity contribution in [1.29, 1.82) is 0 Å². The number of nitrogen functional groups attached to an aromatic ring is 1. The molecule has 0 saturated carbocycles.